The highest BCUT2D eigenvalue weighted by Crippen LogP contribution is 2.35. The molecule has 0 aliphatic heterocycles. The first kappa shape index (κ1) is 10.4. The van der Waals surface area contributed by atoms with Gasteiger partial charge in [-0.15, -0.1) is 0 Å². The summed E-state index contributed by atoms with van der Waals surface area (Å²) in [5.74, 6) is 0.460. The summed E-state index contributed by atoms with van der Waals surface area (Å²) in [6.07, 6.45) is 6.62. The molecule has 15 heavy (non-hydrogen) atoms. The van der Waals surface area contributed by atoms with E-state index in [2.05, 4.69) is 6.92 Å². The number of allylic oxidation sites excluding steroid dienone is 2. The molecule has 0 bridgehead atoms. The van der Waals surface area contributed by atoms with Crippen molar-refractivity contribution in [1.82, 2.24) is 0 Å². The van der Waals surface area contributed by atoms with Crippen LogP contribution in [0.5, 0.6) is 0 Å². The van der Waals surface area contributed by atoms with Crippen LogP contribution in [0.4, 0.5) is 4.39 Å². The van der Waals surface area contributed by atoms with E-state index in [9.17, 15) is 4.39 Å². The van der Waals surface area contributed by atoms with Crippen molar-refractivity contribution in [3.8, 4) is 0 Å². The Bertz CT molecular complexity index is 338. The van der Waals surface area contributed by atoms with Gasteiger partial charge in [0, 0.05) is 0 Å². The highest BCUT2D eigenvalue weighted by Gasteiger charge is 2.17. The van der Waals surface area contributed by atoms with E-state index < -0.39 is 0 Å². The van der Waals surface area contributed by atoms with Gasteiger partial charge in [0.15, 0.2) is 0 Å². The molecule has 0 unspecified atom stereocenters. The van der Waals surface area contributed by atoms with Gasteiger partial charge in [-0.2, -0.15) is 0 Å². The average molecular weight is 203 g/mol. The van der Waals surface area contributed by atoms with Gasteiger partial charge in [0.05, 0.1) is 0 Å². The number of hydrogen-bond donors (Lipinski definition) is 0. The monoisotopic (exact) mass is 203 g/mol. The SMILES string of the molecule is [CH2]C=C1CCC(c2ccc(F)cc2)CC1. The fraction of sp³-hybridized carbons (Fsp3) is 0.357. The lowest BCUT2D eigenvalue weighted by Gasteiger charge is -2.24. The van der Waals surface area contributed by atoms with Gasteiger partial charge in [0.1, 0.15) is 5.82 Å². The van der Waals surface area contributed by atoms with Gasteiger partial charge in [-0.25, -0.2) is 4.39 Å². The first-order chi connectivity index (χ1) is 7.29. The van der Waals surface area contributed by atoms with Crippen LogP contribution in [0.3, 0.4) is 0 Å². The van der Waals surface area contributed by atoms with E-state index in [1.165, 1.54) is 24.0 Å². The van der Waals surface area contributed by atoms with Crippen molar-refractivity contribution >= 4 is 0 Å². The maximum absolute atomic E-state index is 12.8. The standard InChI is InChI=1S/C14H16F/c1-2-11-3-5-12(6-4-11)13-7-9-14(15)10-8-13/h2,7-10,12H,1,3-6H2. The van der Waals surface area contributed by atoms with E-state index in [0.29, 0.717) is 5.92 Å². The number of halogens is 1. The molecule has 0 atom stereocenters. The Balaban J connectivity index is 2.04. The normalized spacial score (nSPS) is 21.5. The Morgan fingerprint density at radius 3 is 2.27 bits per heavy atom. The second kappa shape index (κ2) is 4.61. The minimum atomic E-state index is -0.145. The molecule has 0 heterocycles. The highest BCUT2D eigenvalue weighted by molar-refractivity contribution is 5.23. The van der Waals surface area contributed by atoms with Crippen molar-refractivity contribution in [2.24, 2.45) is 0 Å². The van der Waals surface area contributed by atoms with Crippen molar-refractivity contribution in [3.63, 3.8) is 0 Å². The van der Waals surface area contributed by atoms with Gasteiger partial charge in [0.25, 0.3) is 0 Å². The summed E-state index contributed by atoms with van der Waals surface area (Å²) in [6, 6.07) is 6.95. The second-order valence-electron chi connectivity index (χ2n) is 4.19. The lowest BCUT2D eigenvalue weighted by molar-refractivity contribution is 0.515. The maximum Gasteiger partial charge on any atom is 0.123 e. The molecule has 2 rings (SSSR count). The molecule has 1 fully saturated rings. The molecule has 0 spiro atoms. The second-order valence-corrected chi connectivity index (χ2v) is 4.19. The first-order valence-electron chi connectivity index (χ1n) is 5.52. The zero-order valence-corrected chi connectivity index (χ0v) is 8.88. The smallest absolute Gasteiger partial charge is 0.123 e. The van der Waals surface area contributed by atoms with Gasteiger partial charge in [0.2, 0.25) is 0 Å². The topological polar surface area (TPSA) is 0 Å². The van der Waals surface area contributed by atoms with Crippen molar-refractivity contribution in [3.05, 3.63) is 54.2 Å². The molecular weight excluding hydrogens is 187 g/mol. The van der Waals surface area contributed by atoms with Crippen molar-refractivity contribution < 1.29 is 4.39 Å². The lowest BCUT2D eigenvalue weighted by atomic mass is 9.81. The van der Waals surface area contributed by atoms with Crippen LogP contribution in [0.1, 0.15) is 37.2 Å². The Morgan fingerprint density at radius 1 is 1.13 bits per heavy atom. The van der Waals surface area contributed by atoms with Gasteiger partial charge in [-0.1, -0.05) is 23.8 Å². The molecule has 1 aromatic carbocycles. The van der Waals surface area contributed by atoms with Crippen LogP contribution in [0, 0.1) is 12.7 Å². The fourth-order valence-corrected chi connectivity index (χ4v) is 2.26. The fourth-order valence-electron chi connectivity index (χ4n) is 2.26. The average Bonchev–Trinajstić information content (AvgIpc) is 2.30. The van der Waals surface area contributed by atoms with E-state index in [4.69, 9.17) is 0 Å². The maximum atomic E-state index is 12.8. The van der Waals surface area contributed by atoms with Crippen LogP contribution in [0.15, 0.2) is 35.9 Å². The summed E-state index contributed by atoms with van der Waals surface area (Å²) >= 11 is 0. The zero-order valence-electron chi connectivity index (χ0n) is 8.88. The minimum Gasteiger partial charge on any atom is -0.207 e. The third-order valence-electron chi connectivity index (χ3n) is 3.26. The molecule has 1 aromatic rings. The van der Waals surface area contributed by atoms with Gasteiger partial charge >= 0.3 is 0 Å². The Labute approximate surface area is 90.8 Å². The van der Waals surface area contributed by atoms with Crippen molar-refractivity contribution in [2.45, 2.75) is 31.6 Å². The highest BCUT2D eigenvalue weighted by atomic mass is 19.1. The summed E-state index contributed by atoms with van der Waals surface area (Å²) in [5, 5.41) is 0. The Morgan fingerprint density at radius 2 is 1.73 bits per heavy atom. The molecule has 0 nitrogen and oxygen atoms in total. The van der Waals surface area contributed by atoms with Crippen LogP contribution < -0.4 is 0 Å². The summed E-state index contributed by atoms with van der Waals surface area (Å²) in [4.78, 5) is 0. The molecular formula is C14H16F. The van der Waals surface area contributed by atoms with Crippen LogP contribution in [0.2, 0.25) is 0 Å². The van der Waals surface area contributed by atoms with E-state index >= 15 is 0 Å². The first-order valence-corrected chi connectivity index (χ1v) is 5.52. The molecule has 1 saturated carbocycles. The predicted molar refractivity (Wildman–Crippen MR) is 61.0 cm³/mol. The van der Waals surface area contributed by atoms with Crippen LogP contribution in [-0.4, -0.2) is 0 Å². The molecule has 1 heteroatoms. The van der Waals surface area contributed by atoms with Crippen molar-refractivity contribution in [2.75, 3.05) is 0 Å². The number of benzene rings is 1. The number of hydrogen-bond acceptors (Lipinski definition) is 0. The van der Waals surface area contributed by atoms with Gasteiger partial charge in [-0.3, -0.25) is 0 Å². The molecule has 0 N–H and O–H groups in total. The molecule has 0 saturated heterocycles. The van der Waals surface area contributed by atoms with E-state index in [1.54, 1.807) is 12.1 Å². The molecule has 1 radical (unpaired) electrons. The summed E-state index contributed by atoms with van der Waals surface area (Å²) in [6.45, 7) is 3.81. The molecule has 1 aliphatic carbocycles. The molecule has 0 amide bonds. The summed E-state index contributed by atoms with van der Waals surface area (Å²) < 4.78 is 12.8. The molecule has 1 aliphatic rings. The summed E-state index contributed by atoms with van der Waals surface area (Å²) in [7, 11) is 0. The third kappa shape index (κ3) is 2.47. The van der Waals surface area contributed by atoms with E-state index in [1.807, 2.05) is 18.2 Å². The number of rotatable bonds is 1. The zero-order chi connectivity index (χ0) is 10.7. The Kier molecular flexibility index (Phi) is 3.20. The van der Waals surface area contributed by atoms with Crippen molar-refractivity contribution in [1.29, 1.82) is 0 Å². The van der Waals surface area contributed by atoms with Crippen LogP contribution >= 0.6 is 0 Å². The quantitative estimate of drug-likeness (QED) is 0.640. The lowest BCUT2D eigenvalue weighted by Crippen LogP contribution is -2.06. The summed E-state index contributed by atoms with van der Waals surface area (Å²) in [5.41, 5.74) is 2.74. The van der Waals surface area contributed by atoms with Gasteiger partial charge < -0.3 is 0 Å². The van der Waals surface area contributed by atoms with Crippen LogP contribution in [-0.2, 0) is 0 Å². The third-order valence-corrected chi connectivity index (χ3v) is 3.26. The van der Waals surface area contributed by atoms with Crippen LogP contribution in [0.25, 0.3) is 0 Å². The molecule has 0 aromatic heterocycles. The Hall–Kier alpha value is -1.11. The van der Waals surface area contributed by atoms with Gasteiger partial charge in [-0.05, 0) is 56.2 Å². The predicted octanol–water partition coefficient (Wildman–Crippen LogP) is 4.24. The largest absolute Gasteiger partial charge is 0.207 e. The minimum absolute atomic E-state index is 0.145. The van der Waals surface area contributed by atoms with E-state index in [0.717, 1.165) is 12.8 Å². The van der Waals surface area contributed by atoms with E-state index in [-0.39, 0.29) is 5.82 Å². The molecule has 79 valence electrons.